The molecule has 0 aliphatic heterocycles. The van der Waals surface area contributed by atoms with Crippen LogP contribution in [-0.2, 0) is 6.42 Å². The number of anilines is 1. The normalized spacial score (nSPS) is 11.2. The molecule has 0 fully saturated rings. The van der Waals surface area contributed by atoms with E-state index in [2.05, 4.69) is 22.7 Å². The van der Waals surface area contributed by atoms with E-state index in [1.165, 1.54) is 5.56 Å². The topological polar surface area (TPSA) is 67.5 Å². The van der Waals surface area contributed by atoms with Crippen LogP contribution in [0.15, 0.2) is 59.7 Å². The molecule has 0 saturated heterocycles. The summed E-state index contributed by atoms with van der Waals surface area (Å²) in [4.78, 5) is 11.9. The van der Waals surface area contributed by atoms with E-state index < -0.39 is 0 Å². The van der Waals surface area contributed by atoms with Gasteiger partial charge in [-0.2, -0.15) is 5.10 Å². The van der Waals surface area contributed by atoms with E-state index in [-0.39, 0.29) is 5.91 Å². The molecular weight excluding hydrogens is 262 g/mol. The van der Waals surface area contributed by atoms with Crippen molar-refractivity contribution >= 4 is 17.3 Å². The summed E-state index contributed by atoms with van der Waals surface area (Å²) in [5, 5.41) is 4.12. The fraction of sp³-hybridized carbons (Fsp3) is 0.176. The number of hydrazone groups is 1. The van der Waals surface area contributed by atoms with E-state index in [1.54, 1.807) is 24.3 Å². The Kier molecular flexibility index (Phi) is 5.10. The molecule has 0 aromatic heterocycles. The highest BCUT2D eigenvalue weighted by molar-refractivity contribution is 5.95. The van der Waals surface area contributed by atoms with Gasteiger partial charge in [-0.05, 0) is 49.6 Å². The number of benzene rings is 2. The zero-order valence-electron chi connectivity index (χ0n) is 12.0. The molecule has 0 heterocycles. The first-order valence-electron chi connectivity index (χ1n) is 6.88. The molecule has 0 aliphatic rings. The predicted octanol–water partition coefficient (Wildman–Crippen LogP) is 3.01. The van der Waals surface area contributed by atoms with Gasteiger partial charge in [-0.3, -0.25) is 4.79 Å². The lowest BCUT2D eigenvalue weighted by Crippen LogP contribution is -2.19. The molecule has 0 saturated carbocycles. The number of carbonyl (C=O) groups excluding carboxylic acids is 1. The second kappa shape index (κ2) is 7.24. The third-order valence-corrected chi connectivity index (χ3v) is 3.14. The number of hydrogen-bond acceptors (Lipinski definition) is 3. The molecule has 2 aromatic rings. The molecule has 0 radical (unpaired) electrons. The van der Waals surface area contributed by atoms with Crippen LogP contribution < -0.4 is 11.2 Å². The Bertz CT molecular complexity index is 618. The van der Waals surface area contributed by atoms with Crippen molar-refractivity contribution < 1.29 is 4.79 Å². The Morgan fingerprint density at radius 2 is 1.76 bits per heavy atom. The van der Waals surface area contributed by atoms with E-state index in [9.17, 15) is 4.79 Å². The van der Waals surface area contributed by atoms with E-state index in [0.29, 0.717) is 11.3 Å². The lowest BCUT2D eigenvalue weighted by molar-refractivity contribution is 0.0954. The first kappa shape index (κ1) is 14.8. The summed E-state index contributed by atoms with van der Waals surface area (Å²) in [7, 11) is 0. The number of nitrogen functional groups attached to an aromatic ring is 1. The molecule has 0 spiro atoms. The van der Waals surface area contributed by atoms with Crippen molar-refractivity contribution in [2.75, 3.05) is 5.73 Å². The van der Waals surface area contributed by atoms with Gasteiger partial charge >= 0.3 is 0 Å². The van der Waals surface area contributed by atoms with E-state index in [1.807, 2.05) is 25.1 Å². The van der Waals surface area contributed by atoms with Crippen molar-refractivity contribution in [3.05, 3.63) is 65.7 Å². The maximum Gasteiger partial charge on any atom is 0.271 e. The van der Waals surface area contributed by atoms with Crippen LogP contribution in [0.4, 0.5) is 5.69 Å². The molecule has 1 amide bonds. The molecule has 4 nitrogen and oxygen atoms in total. The number of hydrogen-bond donors (Lipinski definition) is 2. The number of rotatable bonds is 5. The van der Waals surface area contributed by atoms with Crippen LogP contribution in [0.2, 0.25) is 0 Å². The molecular formula is C17H19N3O. The summed E-state index contributed by atoms with van der Waals surface area (Å²) in [5.74, 6) is -0.228. The summed E-state index contributed by atoms with van der Waals surface area (Å²) >= 11 is 0. The number of amides is 1. The minimum Gasteiger partial charge on any atom is -0.399 e. The Balaban J connectivity index is 1.85. The van der Waals surface area contributed by atoms with Gasteiger partial charge in [-0.1, -0.05) is 30.3 Å². The zero-order valence-corrected chi connectivity index (χ0v) is 12.0. The van der Waals surface area contributed by atoms with Crippen molar-refractivity contribution in [1.29, 1.82) is 0 Å². The monoisotopic (exact) mass is 281 g/mol. The Hall–Kier alpha value is -2.62. The summed E-state index contributed by atoms with van der Waals surface area (Å²) in [6.45, 7) is 1.91. The van der Waals surface area contributed by atoms with Crippen molar-refractivity contribution in [1.82, 2.24) is 5.43 Å². The molecule has 0 aliphatic carbocycles. The first-order chi connectivity index (χ1) is 10.1. The SMILES string of the molecule is CC(CCc1ccccc1)=NNC(=O)c1ccc(N)cc1. The summed E-state index contributed by atoms with van der Waals surface area (Å²) in [5.41, 5.74) is 11.5. The molecule has 0 atom stereocenters. The molecule has 4 heteroatoms. The minimum atomic E-state index is -0.228. The maximum absolute atomic E-state index is 11.9. The Morgan fingerprint density at radius 3 is 2.43 bits per heavy atom. The van der Waals surface area contributed by atoms with Crippen molar-refractivity contribution in [2.24, 2.45) is 5.10 Å². The number of nitrogens with zero attached hydrogens (tertiary/aromatic N) is 1. The van der Waals surface area contributed by atoms with Crippen molar-refractivity contribution in [3.63, 3.8) is 0 Å². The molecule has 108 valence electrons. The summed E-state index contributed by atoms with van der Waals surface area (Å²) < 4.78 is 0. The largest absolute Gasteiger partial charge is 0.399 e. The highest BCUT2D eigenvalue weighted by atomic mass is 16.2. The smallest absolute Gasteiger partial charge is 0.271 e. The van der Waals surface area contributed by atoms with Crippen LogP contribution in [0.3, 0.4) is 0 Å². The van der Waals surface area contributed by atoms with Gasteiger partial charge in [0.2, 0.25) is 0 Å². The van der Waals surface area contributed by atoms with E-state index in [4.69, 9.17) is 5.73 Å². The molecule has 21 heavy (non-hydrogen) atoms. The standard InChI is InChI=1S/C17H19N3O/c1-13(7-8-14-5-3-2-4-6-14)19-20-17(21)15-9-11-16(18)12-10-15/h2-6,9-12H,7-8,18H2,1H3,(H,20,21). The van der Waals surface area contributed by atoms with Gasteiger partial charge in [-0.25, -0.2) is 5.43 Å². The van der Waals surface area contributed by atoms with E-state index in [0.717, 1.165) is 18.6 Å². The highest BCUT2D eigenvalue weighted by Crippen LogP contribution is 2.06. The van der Waals surface area contributed by atoms with Crippen LogP contribution in [0.5, 0.6) is 0 Å². The number of nitrogens with two attached hydrogens (primary N) is 1. The molecule has 3 N–H and O–H groups in total. The molecule has 0 unspecified atom stereocenters. The minimum absolute atomic E-state index is 0.228. The van der Waals surface area contributed by atoms with Gasteiger partial charge in [0.1, 0.15) is 0 Å². The van der Waals surface area contributed by atoms with Gasteiger partial charge in [0.05, 0.1) is 0 Å². The fourth-order valence-electron chi connectivity index (χ4n) is 1.87. The average Bonchev–Trinajstić information content (AvgIpc) is 2.52. The fourth-order valence-corrected chi connectivity index (χ4v) is 1.87. The third-order valence-electron chi connectivity index (χ3n) is 3.14. The average molecular weight is 281 g/mol. The Morgan fingerprint density at radius 1 is 1.10 bits per heavy atom. The van der Waals surface area contributed by atoms with Crippen LogP contribution in [0.1, 0.15) is 29.3 Å². The summed E-state index contributed by atoms with van der Waals surface area (Å²) in [6.07, 6.45) is 1.72. The first-order valence-corrected chi connectivity index (χ1v) is 6.88. The second-order valence-electron chi connectivity index (χ2n) is 4.90. The van der Waals surface area contributed by atoms with Gasteiger partial charge in [0, 0.05) is 17.0 Å². The Labute approximate surface area is 124 Å². The highest BCUT2D eigenvalue weighted by Gasteiger charge is 2.03. The maximum atomic E-state index is 11.9. The quantitative estimate of drug-likeness (QED) is 0.502. The summed E-state index contributed by atoms with van der Waals surface area (Å²) in [6, 6.07) is 17.0. The van der Waals surface area contributed by atoms with Gasteiger partial charge in [0.15, 0.2) is 0 Å². The lowest BCUT2D eigenvalue weighted by atomic mass is 10.1. The van der Waals surface area contributed by atoms with Gasteiger partial charge in [-0.15, -0.1) is 0 Å². The lowest BCUT2D eigenvalue weighted by Gasteiger charge is -2.04. The van der Waals surface area contributed by atoms with Gasteiger partial charge < -0.3 is 5.73 Å². The number of aryl methyl sites for hydroxylation is 1. The zero-order chi connectivity index (χ0) is 15.1. The van der Waals surface area contributed by atoms with Crippen molar-refractivity contribution in [3.8, 4) is 0 Å². The molecule has 2 aromatic carbocycles. The molecule has 0 bridgehead atoms. The number of carbonyl (C=O) groups is 1. The van der Waals surface area contributed by atoms with E-state index >= 15 is 0 Å². The second-order valence-corrected chi connectivity index (χ2v) is 4.90. The number of nitrogens with one attached hydrogen (secondary N) is 1. The predicted molar refractivity (Wildman–Crippen MR) is 86.2 cm³/mol. The van der Waals surface area contributed by atoms with Gasteiger partial charge in [0.25, 0.3) is 5.91 Å². The van der Waals surface area contributed by atoms with Crippen LogP contribution in [0.25, 0.3) is 0 Å². The third kappa shape index (κ3) is 4.76. The van der Waals surface area contributed by atoms with Crippen LogP contribution in [-0.4, -0.2) is 11.6 Å². The van der Waals surface area contributed by atoms with Crippen LogP contribution in [0, 0.1) is 0 Å². The molecule has 2 rings (SSSR count). The van der Waals surface area contributed by atoms with Crippen molar-refractivity contribution in [2.45, 2.75) is 19.8 Å². The van der Waals surface area contributed by atoms with Crippen LogP contribution >= 0.6 is 0 Å².